The SMILES string of the molecule is CC(C)CN(Cc1nc2cccnc2n1C1CCCC1)C(=O)c1c(F)cc(F)cc1F.CCCN(Cc1nc2cccnc2n1CCC)C(=O)c1cccc(F)c1.CCCn1c(CN(CC(C)C)C(=O)c2cccc(OCCNCCCOC)c2)nc2cccnc21.CCCn1c(CN(CCC(C)C)C(=O)c2cccc(Br)c2)nc2cccnc21. The molecule has 0 aliphatic heterocycles. The fourth-order valence-electron chi connectivity index (χ4n) is 14.7. The number of aryl methyl sites for hydroxylation is 3. The lowest BCUT2D eigenvalue weighted by molar-refractivity contribution is 0.0701. The zero-order valence-corrected chi connectivity index (χ0v) is 72.6. The van der Waals surface area contributed by atoms with Crippen LogP contribution in [0.3, 0.4) is 0 Å². The van der Waals surface area contributed by atoms with Crippen molar-refractivity contribution >= 4 is 84.2 Å². The minimum atomic E-state index is -1.21. The highest BCUT2D eigenvalue weighted by molar-refractivity contribution is 9.10. The number of halogens is 5. The molecule has 0 spiro atoms. The predicted octanol–water partition coefficient (Wildman–Crippen LogP) is 18.7. The lowest BCUT2D eigenvalue weighted by atomic mass is 10.1. The van der Waals surface area contributed by atoms with Gasteiger partial charge in [-0.25, -0.2) is 57.4 Å². The lowest BCUT2D eigenvalue weighted by Crippen LogP contribution is -2.36. The smallest absolute Gasteiger partial charge is 0.260 e. The third-order valence-corrected chi connectivity index (χ3v) is 20.6. The number of hydrogen-bond acceptors (Lipinski definition) is 15. The molecule has 23 nitrogen and oxygen atoms in total. The average Bonchev–Trinajstić information content (AvgIpc) is 1.65. The second kappa shape index (κ2) is 45.5. The second-order valence-electron chi connectivity index (χ2n) is 31.3. The summed E-state index contributed by atoms with van der Waals surface area (Å²) in [4.78, 5) is 96.7. The molecule has 120 heavy (non-hydrogen) atoms. The van der Waals surface area contributed by atoms with E-state index >= 15 is 0 Å². The van der Waals surface area contributed by atoms with Crippen LogP contribution in [0.4, 0.5) is 17.6 Å². The lowest BCUT2D eigenvalue weighted by Gasteiger charge is -2.26. The molecule has 0 saturated heterocycles. The molecule has 4 aromatic carbocycles. The maximum absolute atomic E-state index is 14.3. The highest BCUT2D eigenvalue weighted by Crippen LogP contribution is 2.35. The summed E-state index contributed by atoms with van der Waals surface area (Å²) in [6.07, 6.45) is 16.9. The van der Waals surface area contributed by atoms with Crippen molar-refractivity contribution in [2.75, 3.05) is 59.6 Å². The van der Waals surface area contributed by atoms with Gasteiger partial charge in [-0.05, 0) is 179 Å². The molecule has 1 saturated carbocycles. The number of benzene rings is 4. The summed E-state index contributed by atoms with van der Waals surface area (Å²) in [5, 5.41) is 3.33. The first-order valence-electron chi connectivity index (χ1n) is 42.0. The number of imidazole rings is 4. The van der Waals surface area contributed by atoms with Crippen molar-refractivity contribution in [3.05, 3.63) is 232 Å². The third kappa shape index (κ3) is 24.9. The van der Waals surface area contributed by atoms with Crippen molar-refractivity contribution in [3.8, 4) is 5.75 Å². The molecular weight excluding hydrogens is 1600 g/mol. The van der Waals surface area contributed by atoms with Gasteiger partial charge >= 0.3 is 0 Å². The molecule has 13 rings (SSSR count). The number of carbonyl (C=O) groups is 4. The second-order valence-corrected chi connectivity index (χ2v) is 32.2. The van der Waals surface area contributed by atoms with Crippen LogP contribution in [-0.2, 0) is 50.6 Å². The highest BCUT2D eigenvalue weighted by Gasteiger charge is 2.31. The maximum atomic E-state index is 14.3. The van der Waals surface area contributed by atoms with Crippen LogP contribution in [0.15, 0.2) is 163 Å². The summed E-state index contributed by atoms with van der Waals surface area (Å²) in [5.41, 5.74) is 7.54. The Bertz CT molecular complexity index is 5310. The molecule has 0 atom stereocenters. The number of ether oxygens (including phenoxy) is 2. The van der Waals surface area contributed by atoms with Crippen molar-refractivity contribution in [1.82, 2.24) is 83.1 Å². The molecule has 1 aliphatic carbocycles. The normalized spacial score (nSPS) is 12.1. The van der Waals surface area contributed by atoms with E-state index in [-0.39, 0.29) is 42.8 Å². The minimum absolute atomic E-state index is 0.0232. The molecule has 1 fully saturated rings. The van der Waals surface area contributed by atoms with E-state index < -0.39 is 34.7 Å². The summed E-state index contributed by atoms with van der Waals surface area (Å²) in [6, 6.07) is 37.3. The number of pyridine rings is 4. The van der Waals surface area contributed by atoms with Crippen LogP contribution in [0.1, 0.15) is 204 Å². The first-order chi connectivity index (χ1) is 58.0. The van der Waals surface area contributed by atoms with Crippen molar-refractivity contribution in [2.24, 2.45) is 17.8 Å². The Morgan fingerprint density at radius 2 is 0.917 bits per heavy atom. The first kappa shape index (κ1) is 91.5. The van der Waals surface area contributed by atoms with Crippen LogP contribution < -0.4 is 10.1 Å². The number of carbonyl (C=O) groups excluding carboxylic acids is 4. The average molecular weight is 1710 g/mol. The van der Waals surface area contributed by atoms with Crippen molar-refractivity contribution < 1.29 is 46.2 Å². The zero-order chi connectivity index (χ0) is 85.8. The molecule has 12 aromatic rings. The Hall–Kier alpha value is -10.8. The van der Waals surface area contributed by atoms with Gasteiger partial charge in [0.05, 0.1) is 26.2 Å². The van der Waals surface area contributed by atoms with Gasteiger partial charge in [0.15, 0.2) is 22.6 Å². The van der Waals surface area contributed by atoms with Crippen molar-refractivity contribution in [1.29, 1.82) is 0 Å². The van der Waals surface area contributed by atoms with E-state index in [2.05, 4.69) is 113 Å². The summed E-state index contributed by atoms with van der Waals surface area (Å²) < 4.78 is 75.8. The topological polar surface area (TPSA) is 235 Å². The van der Waals surface area contributed by atoms with Gasteiger partial charge in [0.25, 0.3) is 23.6 Å². The number of fused-ring (bicyclic) bond motifs is 4. The van der Waals surface area contributed by atoms with E-state index in [0.717, 1.165) is 170 Å². The molecule has 4 amide bonds. The Labute approximate surface area is 709 Å². The maximum Gasteiger partial charge on any atom is 0.260 e. The van der Waals surface area contributed by atoms with Crippen LogP contribution >= 0.6 is 15.9 Å². The van der Waals surface area contributed by atoms with Crippen molar-refractivity contribution in [3.63, 3.8) is 0 Å². The number of methoxy groups -OCH3 is 1. The zero-order valence-electron chi connectivity index (χ0n) is 71.0. The quantitative estimate of drug-likeness (QED) is 0.0284. The molecule has 8 heterocycles. The van der Waals surface area contributed by atoms with Crippen LogP contribution in [0, 0.1) is 41.0 Å². The Kier molecular flexibility index (Phi) is 34.7. The monoisotopic (exact) mass is 1710 g/mol. The molecule has 28 heteroatoms. The number of aromatic nitrogens is 12. The standard InChI is InChI=1S/C27H39N5O3.C23H25F3N4O.C22H27BrN4O.C20H23FN4O/c1-5-15-32-25(30-24-11-7-13-29-26(24)32)20-31(19-21(2)3)27(33)22-9-6-10-23(18-22)35-17-14-28-12-8-16-34-4;1-14(2)12-29(23(31)21-17(25)10-15(24)11-18(21)26)13-20-28-19-8-5-9-27-22(19)30(20)16-6-3-4-7-16;1-4-12-27-20(25-19-9-6-11-24-21(19)27)15-26(13-10-16(2)3)22(28)17-7-5-8-18(23)14-17;1-3-11-24(20(26)15-7-5-8-16(21)13-15)14-18-23-17-9-6-10-22-19(17)25(18)12-4-2/h6-7,9-11,13,18,21,28H,5,8,12,14-17,19-20H2,1-4H3;5,8-11,14,16H,3-4,6-7,12-13H2,1-2H3;5-9,11,14,16H,4,10,12-13,15H2,1-3H3;5-10,13H,3-4,11-12,14H2,1-2H3. The fourth-order valence-corrected chi connectivity index (χ4v) is 15.1. The molecule has 0 radical (unpaired) electrons. The van der Waals surface area contributed by atoms with Gasteiger partial charge in [0, 0.05) is 130 Å². The molecule has 0 unspecified atom stereocenters. The van der Waals surface area contributed by atoms with E-state index in [1.807, 2.05) is 122 Å². The largest absolute Gasteiger partial charge is 0.492 e. The molecule has 1 aliphatic rings. The Morgan fingerprint density at radius 1 is 0.475 bits per heavy atom. The number of nitrogens with zero attached hydrogens (tertiary/aromatic N) is 16. The van der Waals surface area contributed by atoms with Gasteiger partial charge in [-0.15, -0.1) is 0 Å². The van der Waals surface area contributed by atoms with Crippen LogP contribution in [-0.4, -0.2) is 161 Å². The van der Waals surface area contributed by atoms with Gasteiger partial charge in [-0.1, -0.05) is 116 Å². The van der Waals surface area contributed by atoms with E-state index in [4.69, 9.17) is 24.4 Å². The van der Waals surface area contributed by atoms with Gasteiger partial charge in [0.2, 0.25) is 0 Å². The number of rotatable bonds is 36. The van der Waals surface area contributed by atoms with Crippen LogP contribution in [0.2, 0.25) is 0 Å². The van der Waals surface area contributed by atoms with E-state index in [9.17, 15) is 36.7 Å². The predicted molar refractivity (Wildman–Crippen MR) is 465 cm³/mol. The van der Waals surface area contributed by atoms with E-state index in [1.54, 1.807) is 55.0 Å². The van der Waals surface area contributed by atoms with E-state index in [0.29, 0.717) is 98.1 Å². The number of amides is 4. The Balaban J connectivity index is 0.000000169. The molecule has 1 N–H and O–H groups in total. The fraction of sp³-hybridized carbons (Fsp3) is 0.435. The molecule has 0 bridgehead atoms. The van der Waals surface area contributed by atoms with E-state index in [1.165, 1.54) is 17.0 Å². The molecule has 8 aromatic heterocycles. The summed E-state index contributed by atoms with van der Waals surface area (Å²) in [5.74, 6) is -0.0836. The van der Waals surface area contributed by atoms with Gasteiger partial charge in [-0.3, -0.25) is 19.2 Å². The van der Waals surface area contributed by atoms with Gasteiger partial charge in [-0.2, -0.15) is 0 Å². The van der Waals surface area contributed by atoms with Crippen molar-refractivity contribution in [2.45, 2.75) is 185 Å². The number of nitrogens with one attached hydrogen (secondary N) is 1. The summed E-state index contributed by atoms with van der Waals surface area (Å²) in [7, 11) is 1.71. The Morgan fingerprint density at radius 3 is 1.40 bits per heavy atom. The van der Waals surface area contributed by atoms with Gasteiger partial charge < -0.3 is 52.7 Å². The van der Waals surface area contributed by atoms with Crippen LogP contribution in [0.5, 0.6) is 5.75 Å². The molecular formula is C92H114BrF4N17O6. The highest BCUT2D eigenvalue weighted by atomic mass is 79.9. The third-order valence-electron chi connectivity index (χ3n) is 20.1. The first-order valence-corrected chi connectivity index (χ1v) is 42.8. The van der Waals surface area contributed by atoms with Crippen LogP contribution in [0.25, 0.3) is 44.7 Å². The molecule has 638 valence electrons. The summed E-state index contributed by atoms with van der Waals surface area (Å²) in [6.45, 7) is 29.7. The van der Waals surface area contributed by atoms with Gasteiger partial charge in [0.1, 0.15) is 86.6 Å². The number of hydrogen-bond donors (Lipinski definition) is 1. The summed E-state index contributed by atoms with van der Waals surface area (Å²) >= 11 is 3.47. The minimum Gasteiger partial charge on any atom is -0.492 e.